The van der Waals surface area contributed by atoms with E-state index in [4.69, 9.17) is 0 Å². The highest BCUT2D eigenvalue weighted by atomic mass is 16.4. The zero-order valence-electron chi connectivity index (χ0n) is 12.7. The highest BCUT2D eigenvalue weighted by Gasteiger charge is 2.14. The van der Waals surface area contributed by atoms with E-state index in [1.807, 2.05) is 54.6 Å². The third-order valence-corrected chi connectivity index (χ3v) is 3.59. The lowest BCUT2D eigenvalue weighted by atomic mass is 10.1. The van der Waals surface area contributed by atoms with Gasteiger partial charge in [-0.3, -0.25) is 0 Å². The molecule has 0 radical (unpaired) electrons. The van der Waals surface area contributed by atoms with Crippen LogP contribution in [0.2, 0.25) is 0 Å². The summed E-state index contributed by atoms with van der Waals surface area (Å²) in [7, 11) is 0. The molecule has 5 nitrogen and oxygen atoms in total. The van der Waals surface area contributed by atoms with E-state index in [9.17, 15) is 9.90 Å². The monoisotopic (exact) mass is 306 g/mol. The molecule has 0 fully saturated rings. The van der Waals surface area contributed by atoms with Gasteiger partial charge in [0.15, 0.2) is 0 Å². The lowest BCUT2D eigenvalue weighted by Gasteiger charge is -2.21. The van der Waals surface area contributed by atoms with Gasteiger partial charge in [-0.25, -0.2) is 9.97 Å². The van der Waals surface area contributed by atoms with E-state index in [1.54, 1.807) is 6.92 Å². The number of benzene rings is 2. The average Bonchev–Trinajstić information content (AvgIpc) is 2.55. The van der Waals surface area contributed by atoms with Crippen molar-refractivity contribution in [3.8, 4) is 0 Å². The number of anilines is 1. The third-order valence-electron chi connectivity index (χ3n) is 3.59. The Morgan fingerprint density at radius 2 is 1.78 bits per heavy atom. The number of aromatic nitrogens is 2. The van der Waals surface area contributed by atoms with Crippen molar-refractivity contribution in [3.63, 3.8) is 0 Å². The minimum absolute atomic E-state index is 0.320. The summed E-state index contributed by atoms with van der Waals surface area (Å²) < 4.78 is 0. The van der Waals surface area contributed by atoms with Gasteiger partial charge >= 0.3 is 0 Å². The van der Waals surface area contributed by atoms with Gasteiger partial charge in [0.2, 0.25) is 0 Å². The Bertz CT molecular complexity index is 834. The molecule has 1 N–H and O–H groups in total. The number of carboxylic acid groups (broad SMARTS) is 1. The largest absolute Gasteiger partial charge is 0.548 e. The lowest BCUT2D eigenvalue weighted by molar-refractivity contribution is -0.306. The molecule has 116 valence electrons. The van der Waals surface area contributed by atoms with Gasteiger partial charge in [0, 0.05) is 5.39 Å². The molecule has 0 spiro atoms. The van der Waals surface area contributed by atoms with E-state index in [0.717, 1.165) is 16.5 Å². The molecule has 23 heavy (non-hydrogen) atoms. The maximum atomic E-state index is 11.5. The second-order valence-corrected chi connectivity index (χ2v) is 5.34. The second-order valence-electron chi connectivity index (χ2n) is 5.34. The number of carbonyl (C=O) groups excluding carboxylic acids is 1. The number of aliphatic carboxylic acids is 1. The number of carbonyl (C=O) groups is 1. The molecular weight excluding hydrogens is 290 g/mol. The molecule has 3 aromatic rings. The van der Waals surface area contributed by atoms with Crippen LogP contribution < -0.4 is 10.4 Å². The first-order valence-corrected chi connectivity index (χ1v) is 7.38. The molecule has 1 aromatic heterocycles. The number of hydrogen-bond donors (Lipinski definition) is 1. The highest BCUT2D eigenvalue weighted by molar-refractivity contribution is 5.90. The van der Waals surface area contributed by atoms with Gasteiger partial charge in [0.25, 0.3) is 0 Å². The maximum absolute atomic E-state index is 11.5. The van der Waals surface area contributed by atoms with Gasteiger partial charge in [-0.15, -0.1) is 0 Å². The molecule has 1 atom stereocenters. The molecule has 0 unspecified atom stereocenters. The number of nitrogens with zero attached hydrogens (tertiary/aromatic N) is 2. The second kappa shape index (κ2) is 6.44. The van der Waals surface area contributed by atoms with E-state index in [0.29, 0.717) is 18.1 Å². The molecule has 0 aliphatic carbocycles. The SMILES string of the molecule is Cc1nc(N[C@@H](Cc2ccccc2)C(=O)[O-])c2ccccc2n1. The van der Waals surface area contributed by atoms with E-state index < -0.39 is 12.0 Å². The highest BCUT2D eigenvalue weighted by Crippen LogP contribution is 2.21. The number of carboxylic acids is 1. The van der Waals surface area contributed by atoms with Crippen LogP contribution in [0, 0.1) is 6.92 Å². The number of fused-ring (bicyclic) bond motifs is 1. The summed E-state index contributed by atoms with van der Waals surface area (Å²) in [6.07, 6.45) is 0.320. The van der Waals surface area contributed by atoms with Gasteiger partial charge in [-0.2, -0.15) is 0 Å². The molecule has 0 saturated heterocycles. The third kappa shape index (κ3) is 3.45. The predicted molar refractivity (Wildman–Crippen MR) is 86.8 cm³/mol. The van der Waals surface area contributed by atoms with Gasteiger partial charge in [0.1, 0.15) is 11.6 Å². The Kier molecular flexibility index (Phi) is 4.19. The van der Waals surface area contributed by atoms with Crippen LogP contribution in [0.4, 0.5) is 5.82 Å². The fourth-order valence-corrected chi connectivity index (χ4v) is 2.51. The Balaban J connectivity index is 1.93. The summed E-state index contributed by atoms with van der Waals surface area (Å²) in [5.74, 6) is -0.0598. The molecule has 1 heterocycles. The van der Waals surface area contributed by atoms with Crippen LogP contribution in [0.1, 0.15) is 11.4 Å². The Labute approximate surface area is 134 Å². The summed E-state index contributed by atoms with van der Waals surface area (Å²) in [5.41, 5.74) is 1.70. The van der Waals surface area contributed by atoms with Crippen molar-refractivity contribution in [2.24, 2.45) is 0 Å². The molecule has 2 aromatic carbocycles. The number of aryl methyl sites for hydroxylation is 1. The summed E-state index contributed by atoms with van der Waals surface area (Å²) in [5, 5.41) is 15.3. The van der Waals surface area contributed by atoms with Crippen molar-refractivity contribution >= 4 is 22.7 Å². The van der Waals surface area contributed by atoms with Crippen LogP contribution in [0.5, 0.6) is 0 Å². The molecule has 3 rings (SSSR count). The summed E-state index contributed by atoms with van der Waals surface area (Å²) in [6, 6.07) is 16.1. The predicted octanol–water partition coefficient (Wildman–Crippen LogP) is 1.71. The van der Waals surface area contributed by atoms with E-state index >= 15 is 0 Å². The molecule has 0 aliphatic heterocycles. The van der Waals surface area contributed by atoms with Crippen molar-refractivity contribution in [3.05, 3.63) is 66.0 Å². The Hall–Kier alpha value is -2.95. The standard InChI is InChI=1S/C18H17N3O2/c1-12-19-15-10-6-5-9-14(15)17(20-12)21-16(18(22)23)11-13-7-3-2-4-8-13/h2-10,16H,11H2,1H3,(H,22,23)(H,19,20,21)/p-1/t16-/m0/s1. The van der Waals surface area contributed by atoms with Crippen LogP contribution in [0.25, 0.3) is 10.9 Å². The topological polar surface area (TPSA) is 77.9 Å². The summed E-state index contributed by atoms with van der Waals surface area (Å²) in [4.78, 5) is 20.2. The van der Waals surface area contributed by atoms with Gasteiger partial charge in [-0.1, -0.05) is 42.5 Å². The van der Waals surface area contributed by atoms with Crippen LogP contribution in [-0.2, 0) is 11.2 Å². The van der Waals surface area contributed by atoms with E-state index in [2.05, 4.69) is 15.3 Å². The zero-order valence-corrected chi connectivity index (χ0v) is 12.7. The first-order valence-electron chi connectivity index (χ1n) is 7.38. The van der Waals surface area contributed by atoms with Gasteiger partial charge < -0.3 is 15.2 Å². The number of hydrogen-bond acceptors (Lipinski definition) is 5. The molecule has 5 heteroatoms. The molecular formula is C18H16N3O2-. The number of rotatable bonds is 5. The van der Waals surface area contributed by atoms with Crippen molar-refractivity contribution in [2.75, 3.05) is 5.32 Å². The molecule has 0 bridgehead atoms. The first-order chi connectivity index (χ1) is 11.1. The smallest absolute Gasteiger partial charge is 0.138 e. The summed E-state index contributed by atoms with van der Waals surface area (Å²) in [6.45, 7) is 1.78. The van der Waals surface area contributed by atoms with Crippen molar-refractivity contribution in [1.82, 2.24) is 9.97 Å². The van der Waals surface area contributed by atoms with Crippen LogP contribution in [0.15, 0.2) is 54.6 Å². The minimum Gasteiger partial charge on any atom is -0.548 e. The first kappa shape index (κ1) is 15.0. The lowest BCUT2D eigenvalue weighted by Crippen LogP contribution is -2.42. The van der Waals surface area contributed by atoms with Crippen molar-refractivity contribution in [1.29, 1.82) is 0 Å². The quantitative estimate of drug-likeness (QED) is 0.776. The Morgan fingerprint density at radius 3 is 2.52 bits per heavy atom. The van der Waals surface area contributed by atoms with Crippen LogP contribution in [-0.4, -0.2) is 22.0 Å². The number of para-hydroxylation sites is 1. The van der Waals surface area contributed by atoms with Crippen molar-refractivity contribution < 1.29 is 9.90 Å². The molecule has 0 aliphatic rings. The Morgan fingerprint density at radius 1 is 1.09 bits per heavy atom. The van der Waals surface area contributed by atoms with E-state index in [1.165, 1.54) is 0 Å². The fourth-order valence-electron chi connectivity index (χ4n) is 2.51. The fraction of sp³-hybridized carbons (Fsp3) is 0.167. The van der Waals surface area contributed by atoms with E-state index in [-0.39, 0.29) is 0 Å². The minimum atomic E-state index is -1.16. The van der Waals surface area contributed by atoms with Gasteiger partial charge in [-0.05, 0) is 31.0 Å². The van der Waals surface area contributed by atoms with Gasteiger partial charge in [0.05, 0.1) is 17.5 Å². The number of nitrogens with one attached hydrogen (secondary N) is 1. The molecule has 0 amide bonds. The zero-order chi connectivity index (χ0) is 16.2. The van der Waals surface area contributed by atoms with Crippen molar-refractivity contribution in [2.45, 2.75) is 19.4 Å². The average molecular weight is 306 g/mol. The van der Waals surface area contributed by atoms with Crippen LogP contribution >= 0.6 is 0 Å². The maximum Gasteiger partial charge on any atom is 0.138 e. The van der Waals surface area contributed by atoms with Crippen LogP contribution in [0.3, 0.4) is 0 Å². The molecule has 0 saturated carbocycles. The summed E-state index contributed by atoms with van der Waals surface area (Å²) >= 11 is 0. The normalized spacial score (nSPS) is 12.0.